The van der Waals surface area contributed by atoms with Crippen molar-refractivity contribution in [2.75, 3.05) is 26.1 Å². The van der Waals surface area contributed by atoms with Crippen LogP contribution in [0.4, 0.5) is 5.13 Å². The summed E-state index contributed by atoms with van der Waals surface area (Å²) in [7, 11) is 3.28. The van der Waals surface area contributed by atoms with Crippen LogP contribution in [-0.4, -0.2) is 25.7 Å². The summed E-state index contributed by atoms with van der Waals surface area (Å²) in [4.78, 5) is 4.28. The summed E-state index contributed by atoms with van der Waals surface area (Å²) < 4.78 is 11.4. The van der Waals surface area contributed by atoms with Crippen LogP contribution in [0.1, 0.15) is 5.56 Å². The fourth-order valence-corrected chi connectivity index (χ4v) is 2.86. The van der Waals surface area contributed by atoms with Crippen molar-refractivity contribution in [3.63, 3.8) is 0 Å². The standard InChI is InChI=1S/C13H15BrN2O2S/c1-17-10-4-3-9(7-11(10)18-2)5-6-15-13-16-12(14)8-19-13/h3-4,7-8H,5-6H2,1-2H3,(H,15,16). The van der Waals surface area contributed by atoms with Crippen molar-refractivity contribution >= 4 is 32.4 Å². The molecule has 1 aromatic carbocycles. The quantitative estimate of drug-likeness (QED) is 0.871. The largest absolute Gasteiger partial charge is 0.493 e. The molecule has 1 aromatic heterocycles. The molecule has 0 radical (unpaired) electrons. The molecular weight excluding hydrogens is 328 g/mol. The molecule has 4 nitrogen and oxygen atoms in total. The first-order chi connectivity index (χ1) is 9.22. The Labute approximate surface area is 124 Å². The zero-order chi connectivity index (χ0) is 13.7. The van der Waals surface area contributed by atoms with Crippen LogP contribution in [0, 0.1) is 0 Å². The lowest BCUT2D eigenvalue weighted by Gasteiger charge is -2.09. The van der Waals surface area contributed by atoms with Crippen LogP contribution in [0.5, 0.6) is 11.5 Å². The maximum Gasteiger partial charge on any atom is 0.183 e. The summed E-state index contributed by atoms with van der Waals surface area (Å²) >= 11 is 4.92. The topological polar surface area (TPSA) is 43.4 Å². The lowest BCUT2D eigenvalue weighted by molar-refractivity contribution is 0.354. The van der Waals surface area contributed by atoms with Gasteiger partial charge >= 0.3 is 0 Å². The number of hydrogen-bond donors (Lipinski definition) is 1. The molecule has 2 aromatic rings. The Kier molecular flexibility index (Phi) is 5.04. The molecule has 0 saturated carbocycles. The lowest BCUT2D eigenvalue weighted by atomic mass is 10.1. The van der Waals surface area contributed by atoms with Crippen molar-refractivity contribution in [3.8, 4) is 11.5 Å². The van der Waals surface area contributed by atoms with Gasteiger partial charge in [0.15, 0.2) is 16.6 Å². The Hall–Kier alpha value is -1.27. The minimum atomic E-state index is 0.753. The number of nitrogens with zero attached hydrogens (tertiary/aromatic N) is 1. The molecule has 2 rings (SSSR count). The summed E-state index contributed by atoms with van der Waals surface area (Å²) in [6.07, 6.45) is 0.900. The molecule has 0 fully saturated rings. The van der Waals surface area contributed by atoms with Crippen LogP contribution in [0.25, 0.3) is 0 Å². The van der Waals surface area contributed by atoms with E-state index in [1.54, 1.807) is 25.6 Å². The molecule has 1 N–H and O–H groups in total. The number of benzene rings is 1. The second-order valence-corrected chi connectivity index (χ2v) is 5.51. The zero-order valence-corrected chi connectivity index (χ0v) is 13.2. The number of ether oxygens (including phenoxy) is 2. The second-order valence-electron chi connectivity index (χ2n) is 3.84. The highest BCUT2D eigenvalue weighted by Crippen LogP contribution is 2.27. The molecule has 0 bridgehead atoms. The van der Waals surface area contributed by atoms with E-state index in [2.05, 4.69) is 26.2 Å². The van der Waals surface area contributed by atoms with Crippen molar-refractivity contribution in [2.45, 2.75) is 6.42 Å². The molecule has 6 heteroatoms. The summed E-state index contributed by atoms with van der Waals surface area (Å²) in [5.41, 5.74) is 1.20. The highest BCUT2D eigenvalue weighted by atomic mass is 79.9. The van der Waals surface area contributed by atoms with Crippen LogP contribution in [0.15, 0.2) is 28.2 Å². The summed E-state index contributed by atoms with van der Waals surface area (Å²) in [6.45, 7) is 0.829. The Bertz CT molecular complexity index is 545. The van der Waals surface area contributed by atoms with E-state index in [1.807, 2.05) is 23.6 Å². The van der Waals surface area contributed by atoms with E-state index in [4.69, 9.17) is 9.47 Å². The summed E-state index contributed by atoms with van der Waals surface area (Å²) in [6, 6.07) is 5.97. The molecule has 0 aliphatic rings. The van der Waals surface area contributed by atoms with Crippen molar-refractivity contribution in [3.05, 3.63) is 33.7 Å². The smallest absolute Gasteiger partial charge is 0.183 e. The summed E-state index contributed by atoms with van der Waals surface area (Å²) in [5, 5.41) is 6.17. The molecular formula is C13H15BrN2O2S. The fraction of sp³-hybridized carbons (Fsp3) is 0.308. The van der Waals surface area contributed by atoms with E-state index < -0.39 is 0 Å². The Morgan fingerprint density at radius 1 is 1.26 bits per heavy atom. The highest BCUT2D eigenvalue weighted by molar-refractivity contribution is 9.10. The van der Waals surface area contributed by atoms with Crippen LogP contribution in [-0.2, 0) is 6.42 Å². The minimum Gasteiger partial charge on any atom is -0.493 e. The number of hydrogen-bond acceptors (Lipinski definition) is 5. The average molecular weight is 343 g/mol. The van der Waals surface area contributed by atoms with Gasteiger partial charge in [0, 0.05) is 11.9 Å². The van der Waals surface area contributed by atoms with Crippen molar-refractivity contribution in [1.82, 2.24) is 4.98 Å². The first-order valence-corrected chi connectivity index (χ1v) is 7.46. The molecule has 0 unspecified atom stereocenters. The lowest BCUT2D eigenvalue weighted by Crippen LogP contribution is -2.04. The van der Waals surface area contributed by atoms with Gasteiger partial charge in [-0.2, -0.15) is 0 Å². The second kappa shape index (κ2) is 6.77. The van der Waals surface area contributed by atoms with Gasteiger partial charge in [-0.1, -0.05) is 6.07 Å². The van der Waals surface area contributed by atoms with Crippen molar-refractivity contribution in [2.24, 2.45) is 0 Å². The number of methoxy groups -OCH3 is 2. The third-order valence-electron chi connectivity index (χ3n) is 2.61. The van der Waals surface area contributed by atoms with Crippen molar-refractivity contribution in [1.29, 1.82) is 0 Å². The number of halogens is 1. The summed E-state index contributed by atoms with van der Waals surface area (Å²) in [5.74, 6) is 1.51. The van der Waals surface area contributed by atoms with Crippen LogP contribution < -0.4 is 14.8 Å². The number of rotatable bonds is 6. The van der Waals surface area contributed by atoms with Gasteiger partial charge in [0.05, 0.1) is 14.2 Å². The molecule has 0 amide bonds. The predicted octanol–water partition coefficient (Wildman–Crippen LogP) is 3.58. The van der Waals surface area contributed by atoms with Gasteiger partial charge in [-0.25, -0.2) is 4.98 Å². The highest BCUT2D eigenvalue weighted by Gasteiger charge is 2.04. The van der Waals surface area contributed by atoms with Gasteiger partial charge in [-0.15, -0.1) is 11.3 Å². The fourth-order valence-electron chi connectivity index (χ4n) is 1.69. The van der Waals surface area contributed by atoms with Crippen LogP contribution in [0.3, 0.4) is 0 Å². The molecule has 0 saturated heterocycles. The van der Waals surface area contributed by atoms with Gasteiger partial charge in [-0.05, 0) is 40.0 Å². The van der Waals surface area contributed by atoms with Gasteiger partial charge in [0.25, 0.3) is 0 Å². The van der Waals surface area contributed by atoms with Crippen LogP contribution >= 0.6 is 27.3 Å². The average Bonchev–Trinajstić information content (AvgIpc) is 2.84. The molecule has 102 valence electrons. The molecule has 0 aliphatic heterocycles. The van der Waals surface area contributed by atoms with Gasteiger partial charge in [0.2, 0.25) is 0 Å². The molecule has 0 aliphatic carbocycles. The van der Waals surface area contributed by atoms with E-state index >= 15 is 0 Å². The molecule has 1 heterocycles. The van der Waals surface area contributed by atoms with Gasteiger partial charge in [-0.3, -0.25) is 0 Å². The maximum absolute atomic E-state index is 5.28. The molecule has 0 spiro atoms. The van der Waals surface area contributed by atoms with E-state index in [-0.39, 0.29) is 0 Å². The van der Waals surface area contributed by atoms with Crippen LogP contribution in [0.2, 0.25) is 0 Å². The zero-order valence-electron chi connectivity index (χ0n) is 10.8. The van der Waals surface area contributed by atoms with E-state index in [0.29, 0.717) is 0 Å². The molecule has 19 heavy (non-hydrogen) atoms. The Morgan fingerprint density at radius 3 is 2.68 bits per heavy atom. The predicted molar refractivity (Wildman–Crippen MR) is 81.6 cm³/mol. The van der Waals surface area contributed by atoms with Gasteiger partial charge in [0.1, 0.15) is 4.60 Å². The number of thiazole rings is 1. The van der Waals surface area contributed by atoms with E-state index in [9.17, 15) is 0 Å². The third kappa shape index (κ3) is 3.84. The number of anilines is 1. The third-order valence-corrected chi connectivity index (χ3v) is 4.12. The van der Waals surface area contributed by atoms with Gasteiger partial charge < -0.3 is 14.8 Å². The minimum absolute atomic E-state index is 0.753. The Morgan fingerprint density at radius 2 is 2.05 bits per heavy atom. The number of aromatic nitrogens is 1. The normalized spacial score (nSPS) is 10.3. The van der Waals surface area contributed by atoms with E-state index in [0.717, 1.165) is 34.2 Å². The Balaban J connectivity index is 1.92. The first kappa shape index (κ1) is 14.1. The monoisotopic (exact) mass is 342 g/mol. The van der Waals surface area contributed by atoms with Crippen molar-refractivity contribution < 1.29 is 9.47 Å². The van der Waals surface area contributed by atoms with E-state index in [1.165, 1.54) is 5.56 Å². The number of nitrogens with one attached hydrogen (secondary N) is 1. The molecule has 0 atom stereocenters. The maximum atomic E-state index is 5.28. The SMILES string of the molecule is COc1ccc(CCNc2nc(Br)cs2)cc1OC. The first-order valence-electron chi connectivity index (χ1n) is 5.78.